The van der Waals surface area contributed by atoms with Crippen molar-refractivity contribution >= 4 is 47.1 Å². The highest BCUT2D eigenvalue weighted by Gasteiger charge is 2.12. The van der Waals surface area contributed by atoms with Crippen LogP contribution in [0.15, 0.2) is 65.2 Å². The van der Waals surface area contributed by atoms with Crippen LogP contribution in [0.5, 0.6) is 0 Å². The molecule has 2 aromatic rings. The zero-order valence-electron chi connectivity index (χ0n) is 10.9. The van der Waals surface area contributed by atoms with Crippen LogP contribution in [-0.2, 0) is 24.1 Å². The summed E-state index contributed by atoms with van der Waals surface area (Å²) in [6.07, 6.45) is -3.86. The molecule has 0 amide bonds. The van der Waals surface area contributed by atoms with Gasteiger partial charge in [-0.05, 0) is 23.9 Å². The SMILES string of the molecule is CP(C)(=S)N=P([S-])(c1ccccc1)c1ccccc1. The van der Waals surface area contributed by atoms with E-state index in [1.165, 1.54) is 0 Å². The minimum absolute atomic E-state index is 1.12. The monoisotopic (exact) mass is 324 g/mol. The summed E-state index contributed by atoms with van der Waals surface area (Å²) in [7, 11) is 0. The summed E-state index contributed by atoms with van der Waals surface area (Å²) in [6, 6.07) is 20.4. The standard InChI is InChI=1S/C14H16NP2S2/c1-16(2,18)15-17(19,13-9-5-3-6-10-13)14-11-7-4-8-12-14/h3-12H,1-2H3/q-1. The van der Waals surface area contributed by atoms with Gasteiger partial charge >= 0.3 is 0 Å². The molecule has 19 heavy (non-hydrogen) atoms. The van der Waals surface area contributed by atoms with Crippen molar-refractivity contribution in [1.29, 1.82) is 0 Å². The van der Waals surface area contributed by atoms with E-state index in [1.807, 2.05) is 49.7 Å². The Morgan fingerprint density at radius 1 is 0.842 bits per heavy atom. The normalized spacial score (nSPS) is 12.2. The zero-order chi connectivity index (χ0) is 13.9. The molecule has 0 aliphatic heterocycles. The summed E-state index contributed by atoms with van der Waals surface area (Å²) < 4.78 is 4.93. The number of hydrogen-bond donors (Lipinski definition) is 0. The van der Waals surface area contributed by atoms with Gasteiger partial charge in [-0.2, -0.15) is 0 Å². The first-order valence-electron chi connectivity index (χ1n) is 5.93. The van der Waals surface area contributed by atoms with Crippen molar-refractivity contribution in [2.45, 2.75) is 0 Å². The fourth-order valence-electron chi connectivity index (χ4n) is 1.82. The van der Waals surface area contributed by atoms with Crippen LogP contribution in [0.1, 0.15) is 0 Å². The van der Waals surface area contributed by atoms with Crippen LogP contribution in [-0.4, -0.2) is 13.3 Å². The van der Waals surface area contributed by atoms with Crippen molar-refractivity contribution in [2.24, 2.45) is 4.52 Å². The summed E-state index contributed by atoms with van der Waals surface area (Å²) in [5, 5.41) is 2.24. The molecule has 0 aliphatic rings. The molecule has 0 atom stereocenters. The Morgan fingerprint density at radius 3 is 1.53 bits per heavy atom. The lowest BCUT2D eigenvalue weighted by molar-refractivity contribution is 1.74. The third-order valence-electron chi connectivity index (χ3n) is 2.55. The predicted octanol–water partition coefficient (Wildman–Crippen LogP) is 3.95. The molecule has 0 spiro atoms. The fraction of sp³-hybridized carbons (Fsp3) is 0.143. The van der Waals surface area contributed by atoms with E-state index >= 15 is 0 Å². The maximum Gasteiger partial charge on any atom is 0.0488 e. The van der Waals surface area contributed by atoms with Gasteiger partial charge in [-0.1, -0.05) is 78.7 Å². The average Bonchev–Trinajstić information content (AvgIpc) is 2.39. The van der Waals surface area contributed by atoms with Gasteiger partial charge in [0.2, 0.25) is 0 Å². The average molecular weight is 324 g/mol. The molecule has 100 valence electrons. The second kappa shape index (κ2) is 5.97. The molecule has 0 N–H and O–H groups in total. The largest absolute Gasteiger partial charge is 0.730 e. The van der Waals surface area contributed by atoms with Crippen molar-refractivity contribution in [3.05, 3.63) is 60.7 Å². The van der Waals surface area contributed by atoms with Gasteiger partial charge in [-0.25, -0.2) is 0 Å². The maximum absolute atomic E-state index is 5.99. The third kappa shape index (κ3) is 3.83. The van der Waals surface area contributed by atoms with Gasteiger partial charge < -0.3 is 12.2 Å². The summed E-state index contributed by atoms with van der Waals surface area (Å²) >= 11 is 11.5. The Kier molecular flexibility index (Phi) is 4.74. The molecule has 0 unspecified atom stereocenters. The Labute approximate surface area is 125 Å². The topological polar surface area (TPSA) is 12.4 Å². The lowest BCUT2D eigenvalue weighted by Gasteiger charge is -2.34. The van der Waals surface area contributed by atoms with Gasteiger partial charge in [0.25, 0.3) is 0 Å². The van der Waals surface area contributed by atoms with Crippen LogP contribution < -0.4 is 10.6 Å². The van der Waals surface area contributed by atoms with E-state index in [2.05, 4.69) is 24.3 Å². The molecule has 0 radical (unpaired) electrons. The van der Waals surface area contributed by atoms with E-state index in [4.69, 9.17) is 28.6 Å². The zero-order valence-corrected chi connectivity index (χ0v) is 14.4. The highest BCUT2D eigenvalue weighted by molar-refractivity contribution is 8.44. The van der Waals surface area contributed by atoms with Gasteiger partial charge in [0.1, 0.15) is 0 Å². The first kappa shape index (κ1) is 15.1. The molecule has 0 saturated carbocycles. The fourth-order valence-corrected chi connectivity index (χ4v) is 10.3. The minimum atomic E-state index is -2.14. The van der Waals surface area contributed by atoms with Crippen LogP contribution in [0.25, 0.3) is 0 Å². The van der Waals surface area contributed by atoms with Crippen molar-refractivity contribution < 1.29 is 0 Å². The molecule has 0 saturated heterocycles. The van der Waals surface area contributed by atoms with Crippen LogP contribution in [0.4, 0.5) is 0 Å². The van der Waals surface area contributed by atoms with Crippen molar-refractivity contribution in [3.8, 4) is 0 Å². The maximum atomic E-state index is 5.99. The van der Waals surface area contributed by atoms with E-state index in [0.717, 1.165) is 10.6 Å². The predicted molar refractivity (Wildman–Crippen MR) is 95.0 cm³/mol. The molecule has 2 rings (SSSR count). The quantitative estimate of drug-likeness (QED) is 0.626. The van der Waals surface area contributed by atoms with Gasteiger partial charge in [0.05, 0.1) is 0 Å². The minimum Gasteiger partial charge on any atom is -0.730 e. The molecule has 0 aromatic heterocycles. The first-order chi connectivity index (χ1) is 8.92. The lowest BCUT2D eigenvalue weighted by atomic mass is 10.4. The van der Waals surface area contributed by atoms with Gasteiger partial charge in [-0.3, -0.25) is 4.52 Å². The van der Waals surface area contributed by atoms with Crippen molar-refractivity contribution in [1.82, 2.24) is 0 Å². The highest BCUT2D eigenvalue weighted by atomic mass is 32.7. The Morgan fingerprint density at radius 2 is 1.21 bits per heavy atom. The molecular weight excluding hydrogens is 308 g/mol. The van der Waals surface area contributed by atoms with Crippen LogP contribution in [0.2, 0.25) is 0 Å². The molecule has 2 aromatic carbocycles. The van der Waals surface area contributed by atoms with Crippen LogP contribution >= 0.6 is 12.4 Å². The smallest absolute Gasteiger partial charge is 0.0488 e. The molecule has 0 aliphatic carbocycles. The third-order valence-corrected chi connectivity index (χ3v) is 9.86. The molecule has 0 bridgehead atoms. The van der Waals surface area contributed by atoms with E-state index < -0.39 is 12.4 Å². The Bertz CT molecular complexity index is 604. The van der Waals surface area contributed by atoms with E-state index in [-0.39, 0.29) is 0 Å². The van der Waals surface area contributed by atoms with E-state index in [9.17, 15) is 0 Å². The number of hydrogen-bond acceptors (Lipinski definition) is 2. The Balaban J connectivity index is 2.72. The molecule has 5 heteroatoms. The molecule has 0 fully saturated rings. The van der Waals surface area contributed by atoms with Crippen molar-refractivity contribution in [3.63, 3.8) is 0 Å². The van der Waals surface area contributed by atoms with Crippen LogP contribution in [0.3, 0.4) is 0 Å². The summed E-state index contributed by atoms with van der Waals surface area (Å²) in [5.41, 5.74) is 0. The van der Waals surface area contributed by atoms with Crippen molar-refractivity contribution in [2.75, 3.05) is 13.3 Å². The van der Waals surface area contributed by atoms with Crippen LogP contribution in [0, 0.1) is 0 Å². The summed E-state index contributed by atoms with van der Waals surface area (Å²) in [4.78, 5) is 0. The van der Waals surface area contributed by atoms with Gasteiger partial charge in [0.15, 0.2) is 0 Å². The molecular formula is C14H16NP2S2-. The summed E-state index contributed by atoms with van der Waals surface area (Å²) in [5.74, 6) is 0. The van der Waals surface area contributed by atoms with Gasteiger partial charge in [-0.15, -0.1) is 0 Å². The first-order valence-corrected chi connectivity index (χ1v) is 12.3. The second-order valence-electron chi connectivity index (χ2n) is 4.63. The molecule has 0 heterocycles. The number of benzene rings is 2. The number of nitrogens with zero attached hydrogens (tertiary/aromatic N) is 1. The number of rotatable bonds is 3. The summed E-state index contributed by atoms with van der Waals surface area (Å²) in [6.45, 7) is 4.07. The molecule has 1 nitrogen and oxygen atoms in total. The van der Waals surface area contributed by atoms with E-state index in [1.54, 1.807) is 0 Å². The Hall–Kier alpha value is -0.330. The van der Waals surface area contributed by atoms with Gasteiger partial charge in [0, 0.05) is 6.19 Å². The second-order valence-corrected chi connectivity index (χ2v) is 14.4. The van der Waals surface area contributed by atoms with E-state index in [0.29, 0.717) is 0 Å². The highest BCUT2D eigenvalue weighted by Crippen LogP contribution is 2.56. The lowest BCUT2D eigenvalue weighted by Crippen LogP contribution is -2.13.